The van der Waals surface area contributed by atoms with Crippen LogP contribution in [0.3, 0.4) is 0 Å². The van der Waals surface area contributed by atoms with Gasteiger partial charge < -0.3 is 16.4 Å². The van der Waals surface area contributed by atoms with Gasteiger partial charge in [0.1, 0.15) is 0 Å². The molecule has 0 radical (unpaired) electrons. The fourth-order valence-electron chi connectivity index (χ4n) is 1.74. The van der Waals surface area contributed by atoms with E-state index in [1.807, 2.05) is 25.1 Å². The fourth-order valence-corrected chi connectivity index (χ4v) is 1.74. The molecular formula is C11H15N3O. The third-order valence-corrected chi connectivity index (χ3v) is 2.49. The Balaban J connectivity index is 2.37. The third-order valence-electron chi connectivity index (χ3n) is 2.49. The highest BCUT2D eigenvalue weighted by Crippen LogP contribution is 2.26. The Kier molecular flexibility index (Phi) is 2.60. The van der Waals surface area contributed by atoms with Crippen molar-refractivity contribution in [3.63, 3.8) is 0 Å². The summed E-state index contributed by atoms with van der Waals surface area (Å²) >= 11 is 0. The zero-order valence-electron chi connectivity index (χ0n) is 8.71. The first-order chi connectivity index (χ1) is 7.19. The Morgan fingerprint density at radius 2 is 2.27 bits per heavy atom. The van der Waals surface area contributed by atoms with Gasteiger partial charge in [0.15, 0.2) is 0 Å². The molecule has 0 aromatic heterocycles. The molecule has 1 aromatic carbocycles. The number of carbonyl (C=O) groups excluding carboxylic acids is 1. The zero-order chi connectivity index (χ0) is 10.8. The number of rotatable bonds is 1. The first-order valence-corrected chi connectivity index (χ1v) is 5.08. The van der Waals surface area contributed by atoms with E-state index in [4.69, 9.17) is 5.73 Å². The summed E-state index contributed by atoms with van der Waals surface area (Å²) in [6.07, 6.45) is 0.493. The highest BCUT2D eigenvalue weighted by Gasteiger charge is 2.17. The van der Waals surface area contributed by atoms with Crippen LogP contribution in [0.15, 0.2) is 18.2 Å². The summed E-state index contributed by atoms with van der Waals surface area (Å²) in [6, 6.07) is 6.00. The number of amides is 1. The van der Waals surface area contributed by atoms with Gasteiger partial charge in [-0.05, 0) is 24.6 Å². The Labute approximate surface area is 88.9 Å². The minimum Gasteiger partial charge on any atom is -0.380 e. The molecule has 1 aliphatic heterocycles. The molecule has 1 aromatic rings. The van der Waals surface area contributed by atoms with Crippen LogP contribution in [0.25, 0.3) is 0 Å². The van der Waals surface area contributed by atoms with E-state index in [9.17, 15) is 4.79 Å². The first kappa shape index (κ1) is 9.98. The summed E-state index contributed by atoms with van der Waals surface area (Å²) < 4.78 is 0. The second kappa shape index (κ2) is 3.90. The Hall–Kier alpha value is -1.55. The summed E-state index contributed by atoms with van der Waals surface area (Å²) in [5.41, 5.74) is 8.36. The van der Waals surface area contributed by atoms with E-state index in [1.54, 1.807) is 0 Å². The largest absolute Gasteiger partial charge is 0.380 e. The van der Waals surface area contributed by atoms with Crippen molar-refractivity contribution in [2.75, 3.05) is 10.6 Å². The van der Waals surface area contributed by atoms with E-state index in [1.165, 1.54) is 0 Å². The van der Waals surface area contributed by atoms with Gasteiger partial charge in [0, 0.05) is 19.0 Å². The van der Waals surface area contributed by atoms with Crippen molar-refractivity contribution in [2.24, 2.45) is 5.73 Å². The van der Waals surface area contributed by atoms with Crippen LogP contribution in [-0.2, 0) is 11.3 Å². The molecule has 1 atom stereocenters. The number of nitrogens with one attached hydrogen (secondary N) is 2. The second-order valence-corrected chi connectivity index (χ2v) is 3.88. The summed E-state index contributed by atoms with van der Waals surface area (Å²) in [5, 5.41) is 6.15. The number of carbonyl (C=O) groups is 1. The average molecular weight is 205 g/mol. The van der Waals surface area contributed by atoms with Gasteiger partial charge in [-0.15, -0.1) is 0 Å². The molecule has 0 fully saturated rings. The number of anilines is 2. The average Bonchev–Trinajstić information content (AvgIpc) is 2.33. The quantitative estimate of drug-likeness (QED) is 0.647. The fraction of sp³-hybridized carbons (Fsp3) is 0.364. The lowest BCUT2D eigenvalue weighted by Crippen LogP contribution is -2.18. The summed E-state index contributed by atoms with van der Waals surface area (Å²) in [4.78, 5) is 11.5. The molecule has 4 heteroatoms. The van der Waals surface area contributed by atoms with Gasteiger partial charge in [-0.25, -0.2) is 0 Å². The lowest BCUT2D eigenvalue weighted by atomic mass is 10.1. The van der Waals surface area contributed by atoms with E-state index in [-0.39, 0.29) is 11.9 Å². The maximum absolute atomic E-state index is 11.5. The lowest BCUT2D eigenvalue weighted by molar-refractivity contribution is -0.116. The molecule has 0 aliphatic carbocycles. The summed E-state index contributed by atoms with van der Waals surface area (Å²) in [5.74, 6) is 0.0444. The molecule has 0 bridgehead atoms. The van der Waals surface area contributed by atoms with Gasteiger partial charge in [0.25, 0.3) is 0 Å². The van der Waals surface area contributed by atoms with Crippen LogP contribution in [0.5, 0.6) is 0 Å². The highest BCUT2D eigenvalue weighted by atomic mass is 16.1. The molecule has 0 spiro atoms. The predicted octanol–water partition coefficient (Wildman–Crippen LogP) is 1.29. The molecular weight excluding hydrogens is 190 g/mol. The van der Waals surface area contributed by atoms with Crippen molar-refractivity contribution < 1.29 is 4.79 Å². The van der Waals surface area contributed by atoms with E-state index in [0.717, 1.165) is 16.9 Å². The second-order valence-electron chi connectivity index (χ2n) is 3.88. The minimum atomic E-state index is 0.0444. The third kappa shape index (κ3) is 2.10. The maximum atomic E-state index is 11.5. The van der Waals surface area contributed by atoms with Crippen molar-refractivity contribution in [3.05, 3.63) is 23.8 Å². The standard InChI is InChI=1S/C11H15N3O/c1-7-4-11(15)14-10-5-8(6-12)2-3-9(10)13-7/h2-3,5,7,13H,4,6,12H2,1H3,(H,14,15). The van der Waals surface area contributed by atoms with Crippen molar-refractivity contribution in [3.8, 4) is 0 Å². The smallest absolute Gasteiger partial charge is 0.226 e. The van der Waals surface area contributed by atoms with Gasteiger partial charge >= 0.3 is 0 Å². The number of fused-ring (bicyclic) bond motifs is 1. The van der Waals surface area contributed by atoms with Crippen LogP contribution < -0.4 is 16.4 Å². The van der Waals surface area contributed by atoms with Crippen LogP contribution in [0.4, 0.5) is 11.4 Å². The number of hydrogen-bond donors (Lipinski definition) is 3. The molecule has 4 N–H and O–H groups in total. The normalized spacial score (nSPS) is 19.9. The van der Waals surface area contributed by atoms with Crippen LogP contribution in [0.2, 0.25) is 0 Å². The van der Waals surface area contributed by atoms with Crippen molar-refractivity contribution in [2.45, 2.75) is 25.9 Å². The minimum absolute atomic E-state index is 0.0444. The molecule has 2 rings (SSSR count). The Morgan fingerprint density at radius 3 is 3.00 bits per heavy atom. The molecule has 0 saturated heterocycles. The monoisotopic (exact) mass is 205 g/mol. The molecule has 1 unspecified atom stereocenters. The summed E-state index contributed by atoms with van der Waals surface area (Å²) in [7, 11) is 0. The van der Waals surface area contributed by atoms with E-state index >= 15 is 0 Å². The van der Waals surface area contributed by atoms with Crippen molar-refractivity contribution in [1.29, 1.82) is 0 Å². The Morgan fingerprint density at radius 1 is 1.47 bits per heavy atom. The van der Waals surface area contributed by atoms with Gasteiger partial charge in [-0.2, -0.15) is 0 Å². The van der Waals surface area contributed by atoms with E-state index in [0.29, 0.717) is 13.0 Å². The first-order valence-electron chi connectivity index (χ1n) is 5.08. The molecule has 1 heterocycles. The molecule has 1 amide bonds. The molecule has 4 nitrogen and oxygen atoms in total. The van der Waals surface area contributed by atoms with E-state index < -0.39 is 0 Å². The van der Waals surface area contributed by atoms with Gasteiger partial charge in [0.05, 0.1) is 11.4 Å². The maximum Gasteiger partial charge on any atom is 0.226 e. The number of benzene rings is 1. The molecule has 15 heavy (non-hydrogen) atoms. The van der Waals surface area contributed by atoms with Gasteiger partial charge in [-0.1, -0.05) is 6.07 Å². The molecule has 80 valence electrons. The van der Waals surface area contributed by atoms with Crippen LogP contribution in [0.1, 0.15) is 18.9 Å². The zero-order valence-corrected chi connectivity index (χ0v) is 8.71. The number of hydrogen-bond acceptors (Lipinski definition) is 3. The molecule has 1 aliphatic rings. The predicted molar refractivity (Wildman–Crippen MR) is 60.7 cm³/mol. The number of nitrogens with two attached hydrogens (primary N) is 1. The van der Waals surface area contributed by atoms with Crippen LogP contribution in [-0.4, -0.2) is 11.9 Å². The van der Waals surface area contributed by atoms with Crippen molar-refractivity contribution >= 4 is 17.3 Å². The van der Waals surface area contributed by atoms with E-state index in [2.05, 4.69) is 10.6 Å². The molecule has 0 saturated carbocycles. The topological polar surface area (TPSA) is 67.2 Å². The Bertz CT molecular complexity index is 389. The van der Waals surface area contributed by atoms with Crippen LogP contribution >= 0.6 is 0 Å². The highest BCUT2D eigenvalue weighted by molar-refractivity contribution is 5.96. The van der Waals surface area contributed by atoms with Crippen LogP contribution in [0, 0.1) is 0 Å². The van der Waals surface area contributed by atoms with Gasteiger partial charge in [0.2, 0.25) is 5.91 Å². The van der Waals surface area contributed by atoms with Crippen molar-refractivity contribution in [1.82, 2.24) is 0 Å². The van der Waals surface area contributed by atoms with Gasteiger partial charge in [-0.3, -0.25) is 4.79 Å². The SMILES string of the molecule is CC1CC(=O)Nc2cc(CN)ccc2N1. The summed E-state index contributed by atoms with van der Waals surface area (Å²) in [6.45, 7) is 2.48. The lowest BCUT2D eigenvalue weighted by Gasteiger charge is -2.12.